The summed E-state index contributed by atoms with van der Waals surface area (Å²) in [7, 11) is 0. The SMILES string of the molecule is CCC1CN(C(=O)c2cccc(NC(C)C)n2)CCS1. The van der Waals surface area contributed by atoms with Crippen LogP contribution in [0.3, 0.4) is 0 Å². The Balaban J connectivity index is 2.08. The molecule has 1 aromatic heterocycles. The molecule has 0 aromatic carbocycles. The van der Waals surface area contributed by atoms with Crippen molar-refractivity contribution in [2.45, 2.75) is 38.5 Å². The van der Waals surface area contributed by atoms with Crippen molar-refractivity contribution in [3.8, 4) is 0 Å². The highest BCUT2D eigenvalue weighted by Crippen LogP contribution is 2.22. The predicted octanol–water partition coefficient (Wildman–Crippen LogP) is 2.87. The molecular formula is C15H23N3OS. The molecule has 5 heteroatoms. The van der Waals surface area contributed by atoms with Gasteiger partial charge in [-0.05, 0) is 32.4 Å². The molecule has 0 aliphatic carbocycles. The number of rotatable bonds is 4. The molecule has 0 bridgehead atoms. The van der Waals surface area contributed by atoms with Crippen molar-refractivity contribution in [1.82, 2.24) is 9.88 Å². The second-order valence-electron chi connectivity index (χ2n) is 5.36. The first-order valence-electron chi connectivity index (χ1n) is 7.24. The van der Waals surface area contributed by atoms with Gasteiger partial charge in [0.1, 0.15) is 11.5 Å². The van der Waals surface area contributed by atoms with Gasteiger partial charge in [-0.1, -0.05) is 13.0 Å². The number of hydrogen-bond donors (Lipinski definition) is 1. The Morgan fingerprint density at radius 1 is 1.55 bits per heavy atom. The fraction of sp³-hybridized carbons (Fsp3) is 0.600. The van der Waals surface area contributed by atoms with Crippen LogP contribution in [0.2, 0.25) is 0 Å². The average molecular weight is 293 g/mol. The molecule has 1 atom stereocenters. The molecule has 1 saturated heterocycles. The molecular weight excluding hydrogens is 270 g/mol. The second-order valence-corrected chi connectivity index (χ2v) is 6.77. The van der Waals surface area contributed by atoms with Crippen molar-refractivity contribution in [2.75, 3.05) is 24.2 Å². The maximum atomic E-state index is 12.5. The zero-order valence-electron chi connectivity index (χ0n) is 12.4. The lowest BCUT2D eigenvalue weighted by Gasteiger charge is -2.31. The molecule has 1 aliphatic heterocycles. The second kappa shape index (κ2) is 6.97. The summed E-state index contributed by atoms with van der Waals surface area (Å²) in [4.78, 5) is 18.9. The van der Waals surface area contributed by atoms with Crippen LogP contribution in [0.1, 0.15) is 37.7 Å². The lowest BCUT2D eigenvalue weighted by atomic mass is 10.2. The molecule has 4 nitrogen and oxygen atoms in total. The molecule has 2 rings (SSSR count). The van der Waals surface area contributed by atoms with E-state index in [1.165, 1.54) is 0 Å². The number of amides is 1. The molecule has 2 heterocycles. The van der Waals surface area contributed by atoms with E-state index in [2.05, 4.69) is 31.1 Å². The van der Waals surface area contributed by atoms with Crippen LogP contribution in [-0.2, 0) is 0 Å². The molecule has 1 unspecified atom stereocenters. The Morgan fingerprint density at radius 3 is 3.05 bits per heavy atom. The maximum Gasteiger partial charge on any atom is 0.272 e. The van der Waals surface area contributed by atoms with Gasteiger partial charge < -0.3 is 10.2 Å². The number of thioether (sulfide) groups is 1. The first kappa shape index (κ1) is 15.2. The highest BCUT2D eigenvalue weighted by molar-refractivity contribution is 8.00. The van der Waals surface area contributed by atoms with Gasteiger partial charge in [0, 0.05) is 30.1 Å². The van der Waals surface area contributed by atoms with Crippen LogP contribution < -0.4 is 5.32 Å². The van der Waals surface area contributed by atoms with Crippen molar-refractivity contribution >= 4 is 23.5 Å². The quantitative estimate of drug-likeness (QED) is 0.927. The van der Waals surface area contributed by atoms with E-state index in [0.29, 0.717) is 17.0 Å². The van der Waals surface area contributed by atoms with E-state index >= 15 is 0 Å². The molecule has 1 fully saturated rings. The number of nitrogens with one attached hydrogen (secondary N) is 1. The zero-order chi connectivity index (χ0) is 14.5. The first-order valence-corrected chi connectivity index (χ1v) is 8.29. The lowest BCUT2D eigenvalue weighted by Crippen LogP contribution is -2.42. The monoisotopic (exact) mass is 293 g/mol. The van der Waals surface area contributed by atoms with Crippen molar-refractivity contribution in [1.29, 1.82) is 0 Å². The third-order valence-corrected chi connectivity index (χ3v) is 4.66. The Bertz CT molecular complexity index is 464. The number of pyridine rings is 1. The Labute approximate surface area is 125 Å². The summed E-state index contributed by atoms with van der Waals surface area (Å²) in [5.41, 5.74) is 0.539. The fourth-order valence-corrected chi connectivity index (χ4v) is 3.42. The zero-order valence-corrected chi connectivity index (χ0v) is 13.2. The minimum atomic E-state index is 0.0520. The van der Waals surface area contributed by atoms with Crippen LogP contribution in [0.4, 0.5) is 5.82 Å². The van der Waals surface area contributed by atoms with Gasteiger partial charge in [-0.15, -0.1) is 0 Å². The molecule has 1 aliphatic rings. The third kappa shape index (κ3) is 3.88. The number of nitrogens with zero attached hydrogens (tertiary/aromatic N) is 2. The average Bonchev–Trinajstić information content (AvgIpc) is 2.46. The van der Waals surface area contributed by atoms with Crippen LogP contribution in [0, 0.1) is 0 Å². The van der Waals surface area contributed by atoms with Crippen LogP contribution in [0.15, 0.2) is 18.2 Å². The van der Waals surface area contributed by atoms with Crippen molar-refractivity contribution in [3.05, 3.63) is 23.9 Å². The van der Waals surface area contributed by atoms with E-state index in [-0.39, 0.29) is 5.91 Å². The van der Waals surface area contributed by atoms with Crippen LogP contribution in [0.5, 0.6) is 0 Å². The molecule has 1 amide bonds. The van der Waals surface area contributed by atoms with E-state index in [1.54, 1.807) is 6.07 Å². The minimum absolute atomic E-state index is 0.0520. The molecule has 1 N–H and O–H groups in total. The van der Waals surface area contributed by atoms with Gasteiger partial charge in [0.05, 0.1) is 0 Å². The summed E-state index contributed by atoms with van der Waals surface area (Å²) in [5, 5.41) is 3.80. The van der Waals surface area contributed by atoms with Gasteiger partial charge in [0.25, 0.3) is 5.91 Å². The molecule has 1 aromatic rings. The predicted molar refractivity (Wildman–Crippen MR) is 85.4 cm³/mol. The van der Waals surface area contributed by atoms with Gasteiger partial charge in [-0.2, -0.15) is 11.8 Å². The van der Waals surface area contributed by atoms with Crippen LogP contribution >= 0.6 is 11.8 Å². The normalized spacial score (nSPS) is 19.2. The number of hydrogen-bond acceptors (Lipinski definition) is 4. The highest BCUT2D eigenvalue weighted by atomic mass is 32.2. The fourth-order valence-electron chi connectivity index (χ4n) is 2.24. The number of carbonyl (C=O) groups excluding carboxylic acids is 1. The van der Waals surface area contributed by atoms with E-state index in [0.717, 1.165) is 31.1 Å². The third-order valence-electron chi connectivity index (χ3n) is 3.29. The first-order chi connectivity index (χ1) is 9.60. The van der Waals surface area contributed by atoms with Gasteiger partial charge >= 0.3 is 0 Å². The standard InChI is InChI=1S/C15H23N3OS/c1-4-12-10-18(8-9-20-12)15(19)13-6-5-7-14(17-13)16-11(2)3/h5-7,11-12H,4,8-10H2,1-3H3,(H,16,17). The molecule has 0 saturated carbocycles. The van der Waals surface area contributed by atoms with Gasteiger partial charge in [0.15, 0.2) is 0 Å². The van der Waals surface area contributed by atoms with Gasteiger partial charge in [-0.25, -0.2) is 4.98 Å². The Morgan fingerprint density at radius 2 is 2.35 bits per heavy atom. The Kier molecular flexibility index (Phi) is 5.29. The van der Waals surface area contributed by atoms with E-state index in [9.17, 15) is 4.79 Å². The smallest absolute Gasteiger partial charge is 0.272 e. The summed E-state index contributed by atoms with van der Waals surface area (Å²) >= 11 is 1.96. The number of anilines is 1. The summed E-state index contributed by atoms with van der Waals surface area (Å²) in [6, 6.07) is 5.90. The summed E-state index contributed by atoms with van der Waals surface area (Å²) in [6.07, 6.45) is 1.11. The van der Waals surface area contributed by atoms with E-state index < -0.39 is 0 Å². The molecule has 0 spiro atoms. The number of aromatic nitrogens is 1. The molecule has 0 radical (unpaired) electrons. The maximum absolute atomic E-state index is 12.5. The van der Waals surface area contributed by atoms with Crippen molar-refractivity contribution < 1.29 is 4.79 Å². The van der Waals surface area contributed by atoms with E-state index in [1.807, 2.05) is 28.8 Å². The van der Waals surface area contributed by atoms with E-state index in [4.69, 9.17) is 0 Å². The van der Waals surface area contributed by atoms with Crippen LogP contribution in [0.25, 0.3) is 0 Å². The lowest BCUT2D eigenvalue weighted by molar-refractivity contribution is 0.0755. The topological polar surface area (TPSA) is 45.2 Å². The van der Waals surface area contributed by atoms with Gasteiger partial charge in [-0.3, -0.25) is 4.79 Å². The molecule has 20 heavy (non-hydrogen) atoms. The van der Waals surface area contributed by atoms with Crippen LogP contribution in [-0.4, -0.2) is 45.9 Å². The van der Waals surface area contributed by atoms with Crippen molar-refractivity contribution in [2.24, 2.45) is 0 Å². The summed E-state index contributed by atoms with van der Waals surface area (Å²) < 4.78 is 0. The Hall–Kier alpha value is -1.23. The number of carbonyl (C=O) groups is 1. The summed E-state index contributed by atoms with van der Waals surface area (Å²) in [6.45, 7) is 7.96. The minimum Gasteiger partial charge on any atom is -0.368 e. The summed E-state index contributed by atoms with van der Waals surface area (Å²) in [5.74, 6) is 1.84. The largest absolute Gasteiger partial charge is 0.368 e. The highest BCUT2D eigenvalue weighted by Gasteiger charge is 2.24. The van der Waals surface area contributed by atoms with Gasteiger partial charge in [0.2, 0.25) is 0 Å². The molecule has 110 valence electrons. The van der Waals surface area contributed by atoms with Crippen molar-refractivity contribution in [3.63, 3.8) is 0 Å².